The zero-order valence-electron chi connectivity index (χ0n) is 16.4. The fraction of sp³-hybridized carbons (Fsp3) is 0.100. The van der Waals surface area contributed by atoms with Gasteiger partial charge in [-0.1, -0.05) is 24.3 Å². The Morgan fingerprint density at radius 3 is 2.68 bits per heavy atom. The molecule has 0 aliphatic heterocycles. The lowest BCUT2D eigenvalue weighted by atomic mass is 10.1. The predicted molar refractivity (Wildman–Crippen MR) is 112 cm³/mol. The fourth-order valence-corrected chi connectivity index (χ4v) is 2.56. The Balaban J connectivity index is 1.67. The van der Waals surface area contributed by atoms with Crippen molar-refractivity contribution in [2.24, 2.45) is 0 Å². The van der Waals surface area contributed by atoms with Gasteiger partial charge in [0.2, 0.25) is 11.9 Å². The molecule has 11 nitrogen and oxygen atoms in total. The monoisotopic (exact) mass is 422 g/mol. The van der Waals surface area contributed by atoms with Crippen molar-refractivity contribution in [3.05, 3.63) is 76.1 Å². The van der Waals surface area contributed by atoms with Crippen molar-refractivity contribution in [2.75, 3.05) is 18.2 Å². The Kier molecular flexibility index (Phi) is 6.68. The van der Waals surface area contributed by atoms with Crippen LogP contribution in [-0.2, 0) is 16.1 Å². The number of nitrogens with zero attached hydrogens (tertiary/aromatic N) is 4. The third kappa shape index (κ3) is 5.73. The van der Waals surface area contributed by atoms with Gasteiger partial charge in [0.05, 0.1) is 23.3 Å². The number of hydrogen-bond donors (Lipinski definition) is 2. The van der Waals surface area contributed by atoms with Gasteiger partial charge in [0.15, 0.2) is 12.4 Å². The van der Waals surface area contributed by atoms with Crippen LogP contribution in [0, 0.1) is 10.1 Å². The summed E-state index contributed by atoms with van der Waals surface area (Å²) < 4.78 is 10.4. The van der Waals surface area contributed by atoms with E-state index in [4.69, 9.17) is 15.2 Å². The van der Waals surface area contributed by atoms with Crippen LogP contribution < -0.4 is 15.8 Å². The molecule has 1 aromatic heterocycles. The number of anilines is 3. The Labute approximate surface area is 176 Å². The van der Waals surface area contributed by atoms with Crippen LogP contribution in [0.3, 0.4) is 0 Å². The molecule has 1 heterocycles. The number of carbonyl (C=O) groups excluding carboxylic acids is 1. The summed E-state index contributed by atoms with van der Waals surface area (Å²) in [5.74, 6) is 0.0655. The Hall–Kier alpha value is -4.54. The molecule has 3 aromatic rings. The number of nitro groups is 1. The van der Waals surface area contributed by atoms with Crippen molar-refractivity contribution in [3.63, 3.8) is 0 Å². The third-order valence-electron chi connectivity index (χ3n) is 3.93. The number of carbonyl (C=O) groups is 1. The van der Waals surface area contributed by atoms with Crippen LogP contribution in [0.1, 0.15) is 11.4 Å². The minimum Gasteiger partial charge on any atom is -0.495 e. The minimum absolute atomic E-state index is 0.0612. The molecule has 0 saturated carbocycles. The van der Waals surface area contributed by atoms with E-state index in [9.17, 15) is 14.9 Å². The molecular formula is C20H18N6O5. The number of ether oxygens (including phenoxy) is 2. The van der Waals surface area contributed by atoms with Crippen LogP contribution in [0.5, 0.6) is 5.75 Å². The molecule has 0 spiro atoms. The lowest BCUT2D eigenvalue weighted by molar-refractivity contribution is -0.385. The van der Waals surface area contributed by atoms with E-state index in [1.54, 1.807) is 18.2 Å². The number of hydrogen-bond acceptors (Lipinski definition) is 10. The van der Waals surface area contributed by atoms with Crippen LogP contribution in [0.25, 0.3) is 6.08 Å². The lowest BCUT2D eigenvalue weighted by Gasteiger charge is -2.10. The molecule has 2 aromatic carbocycles. The molecule has 3 N–H and O–H groups in total. The van der Waals surface area contributed by atoms with E-state index in [-0.39, 0.29) is 35.6 Å². The number of nitro benzene ring substituents is 1. The molecule has 0 unspecified atom stereocenters. The molecular weight excluding hydrogens is 404 g/mol. The third-order valence-corrected chi connectivity index (χ3v) is 3.93. The Morgan fingerprint density at radius 2 is 1.90 bits per heavy atom. The fourth-order valence-electron chi connectivity index (χ4n) is 2.56. The summed E-state index contributed by atoms with van der Waals surface area (Å²) in [6.45, 7) is -0.270. The highest BCUT2D eigenvalue weighted by atomic mass is 16.6. The summed E-state index contributed by atoms with van der Waals surface area (Å²) in [5, 5.41) is 14.0. The number of para-hydroxylation sites is 3. The van der Waals surface area contributed by atoms with E-state index in [0.717, 1.165) is 6.08 Å². The van der Waals surface area contributed by atoms with Crippen LogP contribution in [0.15, 0.2) is 54.6 Å². The van der Waals surface area contributed by atoms with E-state index in [1.807, 2.05) is 12.1 Å². The van der Waals surface area contributed by atoms with Crippen molar-refractivity contribution < 1.29 is 19.2 Å². The smallest absolute Gasteiger partial charge is 0.331 e. The summed E-state index contributed by atoms with van der Waals surface area (Å²) in [6, 6.07) is 13.2. The highest BCUT2D eigenvalue weighted by Gasteiger charge is 2.11. The molecule has 3 rings (SSSR count). The normalized spacial score (nSPS) is 10.6. The van der Waals surface area contributed by atoms with Crippen molar-refractivity contribution >= 4 is 35.3 Å². The average molecular weight is 422 g/mol. The largest absolute Gasteiger partial charge is 0.495 e. The first-order valence-electron chi connectivity index (χ1n) is 8.95. The quantitative estimate of drug-likeness (QED) is 0.239. The van der Waals surface area contributed by atoms with E-state index >= 15 is 0 Å². The number of aromatic nitrogens is 3. The molecule has 0 radical (unpaired) electrons. The molecule has 11 heteroatoms. The molecule has 0 amide bonds. The first-order valence-corrected chi connectivity index (χ1v) is 8.95. The van der Waals surface area contributed by atoms with E-state index < -0.39 is 10.9 Å². The van der Waals surface area contributed by atoms with E-state index in [0.29, 0.717) is 11.4 Å². The van der Waals surface area contributed by atoms with Gasteiger partial charge >= 0.3 is 5.97 Å². The number of esters is 1. The van der Waals surface area contributed by atoms with Gasteiger partial charge in [-0.05, 0) is 24.3 Å². The summed E-state index contributed by atoms with van der Waals surface area (Å²) in [7, 11) is 1.53. The molecule has 31 heavy (non-hydrogen) atoms. The van der Waals surface area contributed by atoms with Gasteiger partial charge in [0.1, 0.15) is 5.75 Å². The summed E-state index contributed by atoms with van der Waals surface area (Å²) >= 11 is 0. The average Bonchev–Trinajstić information content (AvgIpc) is 2.76. The van der Waals surface area contributed by atoms with Gasteiger partial charge in [-0.3, -0.25) is 10.1 Å². The minimum atomic E-state index is -0.726. The number of nitrogens with one attached hydrogen (secondary N) is 1. The second kappa shape index (κ2) is 9.78. The number of methoxy groups -OCH3 is 1. The van der Waals surface area contributed by atoms with Gasteiger partial charge in [-0.2, -0.15) is 15.0 Å². The van der Waals surface area contributed by atoms with Crippen molar-refractivity contribution in [1.82, 2.24) is 15.0 Å². The molecule has 0 aliphatic rings. The van der Waals surface area contributed by atoms with E-state index in [1.165, 1.54) is 31.4 Å². The molecule has 0 fully saturated rings. The predicted octanol–water partition coefficient (Wildman–Crippen LogP) is 2.87. The zero-order chi connectivity index (χ0) is 22.2. The Morgan fingerprint density at radius 1 is 1.16 bits per heavy atom. The van der Waals surface area contributed by atoms with Gasteiger partial charge in [-0.15, -0.1) is 0 Å². The standard InChI is InChI=1S/C20H18N6O5/c1-30-16-9-5-3-7-14(16)22-20-24-17(23-19(21)25-20)12-31-18(27)11-10-13-6-2-4-8-15(13)26(28)29/h2-11H,12H2,1H3,(H3,21,22,23,24,25)/b11-10+. The zero-order valence-corrected chi connectivity index (χ0v) is 16.4. The maximum absolute atomic E-state index is 12.0. The number of rotatable bonds is 8. The number of nitrogen functional groups attached to an aromatic ring is 1. The molecule has 0 aliphatic carbocycles. The summed E-state index contributed by atoms with van der Waals surface area (Å²) in [5.41, 5.74) is 6.49. The van der Waals surface area contributed by atoms with E-state index in [2.05, 4.69) is 20.3 Å². The molecule has 0 bridgehead atoms. The summed E-state index contributed by atoms with van der Waals surface area (Å²) in [6.07, 6.45) is 2.39. The van der Waals surface area contributed by atoms with Crippen molar-refractivity contribution in [3.8, 4) is 5.75 Å². The van der Waals surface area contributed by atoms with Crippen LogP contribution in [-0.4, -0.2) is 33.0 Å². The lowest BCUT2D eigenvalue weighted by Crippen LogP contribution is -2.10. The van der Waals surface area contributed by atoms with Gasteiger partial charge in [0, 0.05) is 12.1 Å². The first-order chi connectivity index (χ1) is 15.0. The van der Waals surface area contributed by atoms with Crippen molar-refractivity contribution in [2.45, 2.75) is 6.61 Å². The molecule has 0 saturated heterocycles. The van der Waals surface area contributed by atoms with Crippen LogP contribution in [0.4, 0.5) is 23.3 Å². The number of nitrogens with two attached hydrogens (primary N) is 1. The molecule has 0 atom stereocenters. The topological polar surface area (TPSA) is 155 Å². The number of benzene rings is 2. The second-order valence-corrected chi connectivity index (χ2v) is 6.02. The SMILES string of the molecule is COc1ccccc1Nc1nc(N)nc(COC(=O)/C=C/c2ccccc2[N+](=O)[O-])n1. The van der Waals surface area contributed by atoms with Gasteiger partial charge < -0.3 is 20.5 Å². The molecule has 158 valence electrons. The summed E-state index contributed by atoms with van der Waals surface area (Å²) in [4.78, 5) is 34.6. The van der Waals surface area contributed by atoms with Crippen LogP contribution >= 0.6 is 0 Å². The highest BCUT2D eigenvalue weighted by molar-refractivity contribution is 5.87. The van der Waals surface area contributed by atoms with Gasteiger partial charge in [-0.25, -0.2) is 4.79 Å². The first kappa shape index (κ1) is 21.2. The Bertz CT molecular complexity index is 1130. The maximum atomic E-state index is 12.0. The highest BCUT2D eigenvalue weighted by Crippen LogP contribution is 2.25. The van der Waals surface area contributed by atoms with Crippen molar-refractivity contribution in [1.29, 1.82) is 0 Å². The second-order valence-electron chi connectivity index (χ2n) is 6.02. The van der Waals surface area contributed by atoms with Crippen LogP contribution in [0.2, 0.25) is 0 Å². The maximum Gasteiger partial charge on any atom is 0.331 e. The van der Waals surface area contributed by atoms with Gasteiger partial charge in [0.25, 0.3) is 5.69 Å².